The van der Waals surface area contributed by atoms with Crippen molar-refractivity contribution < 1.29 is 23.2 Å². The van der Waals surface area contributed by atoms with Gasteiger partial charge in [0.05, 0.1) is 22.7 Å². The first kappa shape index (κ1) is 26.0. The van der Waals surface area contributed by atoms with Crippen molar-refractivity contribution >= 4 is 23.2 Å². The van der Waals surface area contributed by atoms with E-state index in [1.165, 1.54) is 6.20 Å². The molecule has 3 aromatic rings. The molecule has 0 spiro atoms. The van der Waals surface area contributed by atoms with Gasteiger partial charge in [-0.1, -0.05) is 23.4 Å². The Morgan fingerprint density at radius 3 is 2.75 bits per heavy atom. The van der Waals surface area contributed by atoms with Crippen molar-refractivity contribution in [2.45, 2.75) is 51.1 Å². The van der Waals surface area contributed by atoms with E-state index in [1.807, 2.05) is 30.3 Å². The molecule has 1 amide bonds. The number of aromatic nitrogens is 2. The molecule has 11 heteroatoms. The number of carbonyl (C=O) groups excluding carboxylic acids is 1. The van der Waals surface area contributed by atoms with Gasteiger partial charge in [-0.15, -0.1) is 0 Å². The van der Waals surface area contributed by atoms with Crippen molar-refractivity contribution in [3.05, 3.63) is 82.5 Å². The van der Waals surface area contributed by atoms with Crippen LogP contribution in [0.1, 0.15) is 64.3 Å². The smallest absolute Gasteiger partial charge is 0.253 e. The molecule has 2 bridgehead atoms. The molecule has 40 heavy (non-hydrogen) atoms. The van der Waals surface area contributed by atoms with Crippen LogP contribution in [0.2, 0.25) is 0 Å². The highest BCUT2D eigenvalue weighted by molar-refractivity contribution is 6.14. The van der Waals surface area contributed by atoms with Crippen LogP contribution in [0, 0.1) is 5.92 Å². The maximum Gasteiger partial charge on any atom is 0.253 e. The Balaban J connectivity index is 1.17. The highest BCUT2D eigenvalue weighted by Crippen LogP contribution is 2.28. The Morgan fingerprint density at radius 1 is 1.12 bits per heavy atom. The second-order valence-corrected chi connectivity index (χ2v) is 10.1. The lowest BCUT2D eigenvalue weighted by molar-refractivity contribution is 0.0860. The summed E-state index contributed by atoms with van der Waals surface area (Å²) in [6.07, 6.45) is 2.85. The molecule has 0 radical (unpaired) electrons. The monoisotopic (exact) mass is 544 g/mol. The van der Waals surface area contributed by atoms with Gasteiger partial charge in [0.25, 0.3) is 5.91 Å². The summed E-state index contributed by atoms with van der Waals surface area (Å²) in [4.78, 5) is 21.6. The fourth-order valence-corrected chi connectivity index (χ4v) is 5.05. The van der Waals surface area contributed by atoms with Crippen LogP contribution in [0.3, 0.4) is 0 Å². The number of fused-ring (bicyclic) bond motifs is 4. The lowest BCUT2D eigenvalue weighted by Gasteiger charge is -2.30. The van der Waals surface area contributed by atoms with E-state index in [-0.39, 0.29) is 24.5 Å². The minimum atomic E-state index is -0.822. The summed E-state index contributed by atoms with van der Waals surface area (Å²) in [5.74, 6) is 0.957. The number of rotatable bonds is 7. The van der Waals surface area contributed by atoms with Gasteiger partial charge in [0, 0.05) is 55.4 Å². The highest BCUT2D eigenvalue weighted by Gasteiger charge is 2.31. The van der Waals surface area contributed by atoms with E-state index in [0.717, 1.165) is 29.0 Å². The molecule has 2 aliphatic heterocycles. The third-order valence-electron chi connectivity index (χ3n) is 7.27. The Labute approximate surface area is 230 Å². The normalized spacial score (nSPS) is 21.9. The van der Waals surface area contributed by atoms with E-state index < -0.39 is 6.17 Å². The van der Waals surface area contributed by atoms with Gasteiger partial charge in [0.2, 0.25) is 5.90 Å². The van der Waals surface area contributed by atoms with Crippen molar-refractivity contribution in [2.75, 3.05) is 13.7 Å². The first-order valence-electron chi connectivity index (χ1n) is 13.3. The van der Waals surface area contributed by atoms with Crippen molar-refractivity contribution in [1.82, 2.24) is 15.5 Å². The number of amides is 1. The number of ether oxygens (including phenoxy) is 2. The summed E-state index contributed by atoms with van der Waals surface area (Å²) in [7, 11) is 1.61. The van der Waals surface area contributed by atoms with Gasteiger partial charge in [-0.05, 0) is 37.5 Å². The quantitative estimate of drug-likeness (QED) is 0.479. The maximum atomic E-state index is 13.0. The summed E-state index contributed by atoms with van der Waals surface area (Å²) in [5, 5.41) is 16.1. The summed E-state index contributed by atoms with van der Waals surface area (Å²) >= 11 is 0. The molecule has 1 saturated carbocycles. The maximum absolute atomic E-state index is 13.0. The molecule has 1 aliphatic carbocycles. The summed E-state index contributed by atoms with van der Waals surface area (Å²) in [6.45, 7) is 1.04. The predicted molar refractivity (Wildman–Crippen MR) is 145 cm³/mol. The number of benzene rings is 1. The van der Waals surface area contributed by atoms with E-state index in [9.17, 15) is 9.18 Å². The van der Waals surface area contributed by atoms with Crippen molar-refractivity contribution in [2.24, 2.45) is 21.1 Å². The average Bonchev–Trinajstić information content (AvgIpc) is 3.44. The lowest BCUT2D eigenvalue weighted by atomic mass is 9.87. The fourth-order valence-electron chi connectivity index (χ4n) is 5.05. The zero-order chi connectivity index (χ0) is 27.5. The standard InChI is InChI=1S/C29H29FN6O4/c1-38-16-22-13-26(36-40-22)27-17-8-9-31-29(24-5-3-2-4-23(24)25(10-17)34-35-27)39-15-20-7-6-18(14-32-20)28(37)33-21-11-19(30)12-21/h2-7,13-14,17,19,21H,8-12,15-16H2,1H3,(H,33,37). The number of nitrogens with zero attached hydrogens (tertiary/aromatic N) is 5. The Bertz CT molecular complexity index is 1480. The molecule has 1 atom stereocenters. The van der Waals surface area contributed by atoms with E-state index in [1.54, 1.807) is 19.2 Å². The van der Waals surface area contributed by atoms with Gasteiger partial charge in [-0.3, -0.25) is 14.8 Å². The van der Waals surface area contributed by atoms with Crippen molar-refractivity contribution in [3.8, 4) is 0 Å². The number of aliphatic imine (C=N–C) groups is 1. The van der Waals surface area contributed by atoms with Crippen LogP contribution < -0.4 is 5.32 Å². The molecule has 4 heterocycles. The van der Waals surface area contributed by atoms with Crippen LogP contribution in [-0.2, 0) is 22.7 Å². The average molecular weight is 545 g/mol. The number of alkyl halides is 1. The van der Waals surface area contributed by atoms with Gasteiger partial charge in [-0.2, -0.15) is 10.2 Å². The number of hydrogen-bond acceptors (Lipinski definition) is 9. The van der Waals surface area contributed by atoms with E-state index in [4.69, 9.17) is 19.0 Å². The number of halogens is 1. The van der Waals surface area contributed by atoms with Crippen LogP contribution >= 0.6 is 0 Å². The van der Waals surface area contributed by atoms with E-state index in [2.05, 4.69) is 25.7 Å². The van der Waals surface area contributed by atoms with Gasteiger partial charge in [0.1, 0.15) is 25.1 Å². The molecule has 206 valence electrons. The molecule has 6 rings (SSSR count). The zero-order valence-corrected chi connectivity index (χ0v) is 22.0. The summed E-state index contributed by atoms with van der Waals surface area (Å²) < 4.78 is 29.8. The molecule has 3 aliphatic rings. The van der Waals surface area contributed by atoms with Gasteiger partial charge >= 0.3 is 0 Å². The zero-order valence-electron chi connectivity index (χ0n) is 22.0. The summed E-state index contributed by atoms with van der Waals surface area (Å²) in [6, 6.07) is 13.1. The molecular formula is C29H29FN6O4. The first-order valence-corrected chi connectivity index (χ1v) is 13.3. The lowest BCUT2D eigenvalue weighted by Crippen LogP contribution is -2.45. The predicted octanol–water partition coefficient (Wildman–Crippen LogP) is 4.03. The second kappa shape index (κ2) is 11.5. The van der Waals surface area contributed by atoms with Crippen LogP contribution in [0.5, 0.6) is 0 Å². The SMILES string of the molecule is COCc1cc(C2=NN=C3CC2CCN=C(OCc2ccc(C(=O)NC4CC(F)C4)cn2)c2ccccc23)no1. The van der Waals surface area contributed by atoms with Gasteiger partial charge in [-0.25, -0.2) is 4.39 Å². The first-order chi connectivity index (χ1) is 19.6. The Hall–Kier alpha value is -4.25. The van der Waals surface area contributed by atoms with Crippen molar-refractivity contribution in [3.63, 3.8) is 0 Å². The number of pyridine rings is 1. The summed E-state index contributed by atoms with van der Waals surface area (Å²) in [5.41, 5.74) is 5.15. The van der Waals surface area contributed by atoms with E-state index >= 15 is 0 Å². The fraction of sp³-hybridized carbons (Fsp3) is 0.379. The molecule has 1 N–H and O–H groups in total. The molecule has 1 unspecified atom stereocenters. The molecule has 2 aromatic heterocycles. The van der Waals surface area contributed by atoms with Gasteiger partial charge < -0.3 is 19.3 Å². The van der Waals surface area contributed by atoms with Gasteiger partial charge in [0.15, 0.2) is 5.76 Å². The molecule has 1 aromatic carbocycles. The van der Waals surface area contributed by atoms with Crippen LogP contribution in [0.25, 0.3) is 0 Å². The third-order valence-corrected chi connectivity index (χ3v) is 7.27. The molecule has 1 fully saturated rings. The van der Waals surface area contributed by atoms with Crippen LogP contribution in [0.15, 0.2) is 68.4 Å². The Morgan fingerprint density at radius 2 is 1.98 bits per heavy atom. The number of hydrogen-bond donors (Lipinski definition) is 1. The molecule has 10 nitrogen and oxygen atoms in total. The number of carbonyl (C=O) groups is 1. The molecule has 0 saturated heterocycles. The minimum absolute atomic E-state index is 0.0697. The third kappa shape index (κ3) is 5.55. The largest absolute Gasteiger partial charge is 0.471 e. The van der Waals surface area contributed by atoms with E-state index in [0.29, 0.717) is 61.0 Å². The molecular weight excluding hydrogens is 515 g/mol. The van der Waals surface area contributed by atoms with Crippen LogP contribution in [-0.4, -0.2) is 59.2 Å². The topological polar surface area (TPSA) is 124 Å². The number of methoxy groups -OCH3 is 1. The van der Waals surface area contributed by atoms with Crippen LogP contribution in [0.4, 0.5) is 4.39 Å². The Kier molecular flexibility index (Phi) is 7.45. The minimum Gasteiger partial charge on any atom is -0.471 e. The number of nitrogens with one attached hydrogen (secondary N) is 1. The second-order valence-electron chi connectivity index (χ2n) is 10.1. The van der Waals surface area contributed by atoms with Crippen molar-refractivity contribution in [1.29, 1.82) is 0 Å². The highest BCUT2D eigenvalue weighted by atomic mass is 19.1.